The van der Waals surface area contributed by atoms with Crippen LogP contribution >= 0.6 is 0 Å². The molecule has 0 rings (SSSR count). The summed E-state index contributed by atoms with van der Waals surface area (Å²) < 4.78 is 1.90. The van der Waals surface area contributed by atoms with Crippen molar-refractivity contribution in [2.45, 2.75) is 89.2 Å². The Balaban J connectivity index is 5.82. The topological polar surface area (TPSA) is 0 Å². The van der Waals surface area contributed by atoms with Crippen LogP contribution < -0.4 is 0 Å². The second-order valence-corrected chi connectivity index (χ2v) is 13.7. The first-order chi connectivity index (χ1) is 9.52. The Hall–Kier alpha value is 0.164. The zero-order valence-corrected chi connectivity index (χ0v) is 17.9. The molecule has 0 aromatic carbocycles. The van der Waals surface area contributed by atoms with Gasteiger partial charge in [-0.3, -0.25) is 0 Å². The molecule has 0 aliphatic heterocycles. The van der Waals surface area contributed by atoms with Crippen molar-refractivity contribution in [2.75, 3.05) is 0 Å². The van der Waals surface area contributed by atoms with Crippen LogP contribution in [0.15, 0.2) is 9.06 Å². The summed E-state index contributed by atoms with van der Waals surface area (Å²) in [7, 11) is 0. The van der Waals surface area contributed by atoms with E-state index in [4.69, 9.17) is 0 Å². The number of unbranched alkanes of at least 4 members (excludes halogenated alkanes) is 1. The Morgan fingerprint density at radius 1 is 0.950 bits per heavy atom. The summed E-state index contributed by atoms with van der Waals surface area (Å²) in [4.78, 5) is 5.10. The number of hydrogen-bond donors (Lipinski definition) is 0. The number of hydrogen-bond acceptors (Lipinski definition) is 0. The third-order valence-electron chi connectivity index (χ3n) is 4.69. The minimum atomic E-state index is -1.30. The van der Waals surface area contributed by atoms with Gasteiger partial charge in [-0.2, -0.15) is 0 Å². The second-order valence-electron chi connectivity index (χ2n) is 6.24. The third kappa shape index (κ3) is 5.51. The van der Waals surface area contributed by atoms with Crippen molar-refractivity contribution in [2.24, 2.45) is 0 Å². The van der Waals surface area contributed by atoms with Crippen molar-refractivity contribution in [1.82, 2.24) is 0 Å². The van der Waals surface area contributed by atoms with Gasteiger partial charge in [0, 0.05) is 0 Å². The summed E-state index contributed by atoms with van der Waals surface area (Å²) >= 11 is -1.30. The Morgan fingerprint density at radius 3 is 1.90 bits per heavy atom. The maximum atomic E-state index is 3.76. The first-order valence-corrected chi connectivity index (χ1v) is 15.9. The molecule has 0 N–H and O–H groups in total. The second kappa shape index (κ2) is 10.8. The van der Waals surface area contributed by atoms with Crippen LogP contribution in [-0.2, 0) is 0 Å². The summed E-state index contributed by atoms with van der Waals surface area (Å²) in [5.74, 6) is 7.26. The van der Waals surface area contributed by atoms with Gasteiger partial charge >= 0.3 is 136 Å². The standard InChI is InChI=1S/C16H29B.2CH3.Sn/c1-6-11-13-15-17(9-4,10-5)16(8-3)14-12-7-2;;;/h6-12H2,1-5H3;2*1H3;/q-1;;;. The van der Waals surface area contributed by atoms with E-state index in [1.807, 2.05) is 3.59 Å². The molecular formula is C18H35BSn-. The third-order valence-corrected chi connectivity index (χ3v) is 9.76. The van der Waals surface area contributed by atoms with E-state index in [1.54, 1.807) is 5.47 Å². The molecule has 0 aliphatic carbocycles. The van der Waals surface area contributed by atoms with Crippen molar-refractivity contribution in [3.05, 3.63) is 9.06 Å². The first kappa shape index (κ1) is 20.2. The molecule has 0 nitrogen and oxygen atoms in total. The summed E-state index contributed by atoms with van der Waals surface area (Å²) in [6, 6.07) is 0. The Morgan fingerprint density at radius 2 is 1.55 bits per heavy atom. The predicted molar refractivity (Wildman–Crippen MR) is 99.1 cm³/mol. The van der Waals surface area contributed by atoms with Crippen molar-refractivity contribution in [3.63, 3.8) is 0 Å². The fraction of sp³-hybridized carbons (Fsp3) is 0.778. The number of allylic oxidation sites excluding steroid dienone is 2. The molecule has 0 aromatic heterocycles. The molecule has 0 aromatic rings. The molecule has 0 fully saturated rings. The molecule has 20 heavy (non-hydrogen) atoms. The fourth-order valence-corrected chi connectivity index (χ4v) is 8.65. The normalized spacial score (nSPS) is 13.0. The Bertz CT molecular complexity index is 353. The van der Waals surface area contributed by atoms with Crippen LogP contribution in [0.1, 0.15) is 66.7 Å². The van der Waals surface area contributed by atoms with Crippen LogP contribution in [0.5, 0.6) is 0 Å². The van der Waals surface area contributed by atoms with Crippen LogP contribution in [0.2, 0.25) is 22.5 Å². The molecule has 1 radical (unpaired) electrons. The van der Waals surface area contributed by atoms with Gasteiger partial charge in [0.25, 0.3) is 0 Å². The van der Waals surface area contributed by atoms with E-state index in [-0.39, 0.29) is 0 Å². The average molecular weight is 381 g/mol. The van der Waals surface area contributed by atoms with Crippen LogP contribution in [-0.4, -0.2) is 25.9 Å². The summed E-state index contributed by atoms with van der Waals surface area (Å²) in [6.45, 7) is 11.6. The van der Waals surface area contributed by atoms with E-state index in [9.17, 15) is 0 Å². The van der Waals surface area contributed by atoms with E-state index in [0.717, 1.165) is 6.42 Å². The van der Waals surface area contributed by atoms with E-state index in [0.29, 0.717) is 0 Å². The molecule has 0 saturated heterocycles. The monoisotopic (exact) mass is 382 g/mol. The summed E-state index contributed by atoms with van der Waals surface area (Å²) in [5.41, 5.74) is 1.79. The van der Waals surface area contributed by atoms with Gasteiger partial charge in [0.1, 0.15) is 0 Å². The molecule has 115 valence electrons. The van der Waals surface area contributed by atoms with Crippen LogP contribution in [0.25, 0.3) is 0 Å². The summed E-state index contributed by atoms with van der Waals surface area (Å²) in [5, 5.41) is 0. The van der Waals surface area contributed by atoms with Crippen LogP contribution in [0.4, 0.5) is 0 Å². The van der Waals surface area contributed by atoms with Crippen molar-refractivity contribution < 1.29 is 0 Å². The van der Waals surface area contributed by atoms with Crippen molar-refractivity contribution in [1.29, 1.82) is 0 Å². The van der Waals surface area contributed by atoms with Gasteiger partial charge in [0.05, 0.1) is 0 Å². The van der Waals surface area contributed by atoms with E-state index < -0.39 is 25.9 Å². The first-order valence-electron chi connectivity index (χ1n) is 8.74. The average Bonchev–Trinajstić information content (AvgIpc) is 2.45. The van der Waals surface area contributed by atoms with Gasteiger partial charge in [-0.1, -0.05) is 0 Å². The van der Waals surface area contributed by atoms with Crippen molar-refractivity contribution in [3.8, 4) is 11.7 Å². The summed E-state index contributed by atoms with van der Waals surface area (Å²) in [6.07, 6.45) is 8.00. The van der Waals surface area contributed by atoms with Gasteiger partial charge in [0.15, 0.2) is 0 Å². The molecule has 0 heterocycles. The molecular weight excluding hydrogens is 346 g/mol. The van der Waals surface area contributed by atoms with Gasteiger partial charge < -0.3 is 0 Å². The number of rotatable bonds is 8. The molecule has 2 heteroatoms. The van der Waals surface area contributed by atoms with Gasteiger partial charge in [-0.05, 0) is 0 Å². The van der Waals surface area contributed by atoms with E-state index >= 15 is 0 Å². The van der Waals surface area contributed by atoms with Crippen molar-refractivity contribution >= 4 is 25.9 Å². The predicted octanol–water partition coefficient (Wildman–Crippen LogP) is 6.16. The molecule has 0 spiro atoms. The van der Waals surface area contributed by atoms with Gasteiger partial charge in [-0.25, -0.2) is 0 Å². The zero-order valence-electron chi connectivity index (χ0n) is 15.0. The molecule has 0 unspecified atom stereocenters. The quantitative estimate of drug-likeness (QED) is 0.349. The van der Waals surface area contributed by atoms with Gasteiger partial charge in [0.2, 0.25) is 0 Å². The Kier molecular flexibility index (Phi) is 10.9. The van der Waals surface area contributed by atoms with E-state index in [2.05, 4.69) is 56.2 Å². The van der Waals surface area contributed by atoms with Crippen LogP contribution in [0, 0.1) is 11.7 Å². The molecule has 0 atom stereocenters. The molecule has 0 amide bonds. The van der Waals surface area contributed by atoms with Crippen LogP contribution in [0.3, 0.4) is 0 Å². The molecule has 0 aliphatic rings. The fourth-order valence-electron chi connectivity index (χ4n) is 3.38. The van der Waals surface area contributed by atoms with Gasteiger partial charge in [-0.15, -0.1) is 0 Å². The Labute approximate surface area is 135 Å². The maximum absolute atomic E-state index is 3.76. The van der Waals surface area contributed by atoms with E-state index in [1.165, 1.54) is 38.3 Å². The SMILES string of the molecule is CCCC#C[B-](CC)(CC)/C(CC)=[C](/CCC)[Sn]([CH3])[CH3]. The zero-order chi connectivity index (χ0) is 15.6. The minimum absolute atomic E-state index is 0.582. The molecule has 0 saturated carbocycles. The molecule has 0 bridgehead atoms.